The average Bonchev–Trinajstić information content (AvgIpc) is 2.16. The van der Waals surface area contributed by atoms with Crippen LogP contribution in [0.3, 0.4) is 0 Å². The summed E-state index contributed by atoms with van der Waals surface area (Å²) in [5, 5.41) is 9.42. The third kappa shape index (κ3) is 1.77. The second-order valence-electron chi connectivity index (χ2n) is 3.66. The lowest BCUT2D eigenvalue weighted by atomic mass is 10.0. The molecular formula is C10H11ClN2O2. The summed E-state index contributed by atoms with van der Waals surface area (Å²) in [5.74, 6) is 0.480. The largest absolute Gasteiger partial charge is 0.465 e. The fourth-order valence-electron chi connectivity index (χ4n) is 1.84. The Morgan fingerprint density at radius 1 is 1.67 bits per heavy atom. The van der Waals surface area contributed by atoms with E-state index in [4.69, 9.17) is 16.7 Å². The van der Waals surface area contributed by atoms with Crippen molar-refractivity contribution in [1.29, 1.82) is 0 Å². The van der Waals surface area contributed by atoms with Crippen LogP contribution in [0.2, 0.25) is 5.15 Å². The number of anilines is 1. The zero-order valence-electron chi connectivity index (χ0n) is 8.27. The van der Waals surface area contributed by atoms with Gasteiger partial charge in [0.1, 0.15) is 11.0 Å². The van der Waals surface area contributed by atoms with Gasteiger partial charge in [-0.25, -0.2) is 9.78 Å². The van der Waals surface area contributed by atoms with Gasteiger partial charge in [-0.1, -0.05) is 17.7 Å². The number of fused-ring (bicyclic) bond motifs is 1. The molecule has 1 unspecified atom stereocenters. The molecular weight excluding hydrogens is 216 g/mol. The first-order chi connectivity index (χ1) is 7.09. The van der Waals surface area contributed by atoms with Crippen molar-refractivity contribution in [2.45, 2.75) is 25.8 Å². The predicted molar refractivity (Wildman–Crippen MR) is 57.5 cm³/mol. The molecule has 1 aromatic heterocycles. The Morgan fingerprint density at radius 3 is 3.07 bits per heavy atom. The first-order valence-corrected chi connectivity index (χ1v) is 5.15. The zero-order chi connectivity index (χ0) is 11.0. The van der Waals surface area contributed by atoms with Gasteiger partial charge >= 0.3 is 6.09 Å². The Hall–Kier alpha value is -1.29. The summed E-state index contributed by atoms with van der Waals surface area (Å²) in [5.41, 5.74) is 0.944. The minimum atomic E-state index is -0.974. The average molecular weight is 227 g/mol. The molecule has 0 saturated heterocycles. The maximum absolute atomic E-state index is 11.1. The molecule has 5 heteroatoms. The maximum Gasteiger partial charge on any atom is 0.413 e. The van der Waals surface area contributed by atoms with E-state index in [-0.39, 0.29) is 6.04 Å². The van der Waals surface area contributed by atoms with E-state index in [1.807, 2.05) is 13.0 Å². The molecule has 0 spiro atoms. The number of carbonyl (C=O) groups is 1. The molecule has 2 heterocycles. The van der Waals surface area contributed by atoms with E-state index in [1.54, 1.807) is 6.07 Å². The van der Waals surface area contributed by atoms with Gasteiger partial charge in [0.05, 0.1) is 0 Å². The number of hydrogen-bond donors (Lipinski definition) is 1. The number of aromatic nitrogens is 1. The Morgan fingerprint density at radius 2 is 2.40 bits per heavy atom. The number of hydrogen-bond acceptors (Lipinski definition) is 2. The second kappa shape index (κ2) is 3.70. The van der Waals surface area contributed by atoms with Crippen LogP contribution in [-0.2, 0) is 6.42 Å². The summed E-state index contributed by atoms with van der Waals surface area (Å²) in [6, 6.07) is 3.49. The van der Waals surface area contributed by atoms with Crippen molar-refractivity contribution in [3.8, 4) is 0 Å². The predicted octanol–water partition coefficient (Wildman–Crippen LogP) is 2.55. The lowest BCUT2D eigenvalue weighted by molar-refractivity contribution is 0.198. The minimum Gasteiger partial charge on any atom is -0.465 e. The summed E-state index contributed by atoms with van der Waals surface area (Å²) >= 11 is 5.76. The summed E-state index contributed by atoms with van der Waals surface area (Å²) in [4.78, 5) is 16.4. The van der Waals surface area contributed by atoms with Gasteiger partial charge in [-0.15, -0.1) is 0 Å². The Bertz CT molecular complexity index is 408. The monoisotopic (exact) mass is 226 g/mol. The SMILES string of the molecule is CC1CCc2ccc(Cl)nc2N1C(=O)O. The minimum absolute atomic E-state index is 0.0408. The fraction of sp³-hybridized carbons (Fsp3) is 0.400. The normalized spacial score (nSPS) is 19.9. The number of pyridine rings is 1. The smallest absolute Gasteiger partial charge is 0.413 e. The van der Waals surface area contributed by atoms with Crippen LogP contribution in [0.15, 0.2) is 12.1 Å². The van der Waals surface area contributed by atoms with Crippen molar-refractivity contribution in [3.05, 3.63) is 22.8 Å². The molecule has 1 atom stereocenters. The summed E-state index contributed by atoms with van der Waals surface area (Å²) in [6.45, 7) is 1.87. The van der Waals surface area contributed by atoms with E-state index in [0.717, 1.165) is 18.4 Å². The van der Waals surface area contributed by atoms with E-state index in [0.29, 0.717) is 11.0 Å². The highest BCUT2D eigenvalue weighted by atomic mass is 35.5. The van der Waals surface area contributed by atoms with Gasteiger partial charge in [0.2, 0.25) is 0 Å². The van der Waals surface area contributed by atoms with Crippen LogP contribution in [0.5, 0.6) is 0 Å². The topological polar surface area (TPSA) is 53.4 Å². The van der Waals surface area contributed by atoms with Crippen LogP contribution < -0.4 is 4.90 Å². The van der Waals surface area contributed by atoms with Gasteiger partial charge in [-0.3, -0.25) is 4.90 Å². The second-order valence-corrected chi connectivity index (χ2v) is 4.04. The van der Waals surface area contributed by atoms with Gasteiger partial charge in [-0.05, 0) is 31.4 Å². The molecule has 80 valence electrons. The molecule has 0 aliphatic carbocycles. The molecule has 1 N–H and O–H groups in total. The van der Waals surface area contributed by atoms with Crippen molar-refractivity contribution in [2.24, 2.45) is 0 Å². The highest BCUT2D eigenvalue weighted by Gasteiger charge is 2.29. The Labute approximate surface area is 92.5 Å². The van der Waals surface area contributed by atoms with E-state index in [2.05, 4.69) is 4.98 Å². The van der Waals surface area contributed by atoms with E-state index < -0.39 is 6.09 Å². The van der Waals surface area contributed by atoms with E-state index in [1.165, 1.54) is 4.90 Å². The van der Waals surface area contributed by atoms with Crippen LogP contribution in [0.25, 0.3) is 0 Å². The molecule has 1 amide bonds. The number of amides is 1. The van der Waals surface area contributed by atoms with Crippen molar-refractivity contribution >= 4 is 23.5 Å². The van der Waals surface area contributed by atoms with Crippen LogP contribution in [0.1, 0.15) is 18.9 Å². The molecule has 0 fully saturated rings. The van der Waals surface area contributed by atoms with Crippen molar-refractivity contribution in [3.63, 3.8) is 0 Å². The first kappa shape index (κ1) is 10.2. The van der Waals surface area contributed by atoms with Gasteiger partial charge in [0.15, 0.2) is 0 Å². The number of carboxylic acid groups (broad SMARTS) is 1. The molecule has 2 rings (SSSR count). The maximum atomic E-state index is 11.1. The number of rotatable bonds is 0. The summed E-state index contributed by atoms with van der Waals surface area (Å²) in [6.07, 6.45) is 0.700. The quantitative estimate of drug-likeness (QED) is 0.692. The molecule has 0 saturated carbocycles. The van der Waals surface area contributed by atoms with Crippen molar-refractivity contribution in [1.82, 2.24) is 4.98 Å². The number of nitrogens with zero attached hydrogens (tertiary/aromatic N) is 2. The Kier molecular flexibility index (Phi) is 2.52. The molecule has 0 aromatic carbocycles. The van der Waals surface area contributed by atoms with E-state index in [9.17, 15) is 4.79 Å². The highest BCUT2D eigenvalue weighted by Crippen LogP contribution is 2.29. The lowest BCUT2D eigenvalue weighted by Gasteiger charge is -2.31. The molecule has 0 bridgehead atoms. The summed E-state index contributed by atoms with van der Waals surface area (Å²) in [7, 11) is 0. The molecule has 15 heavy (non-hydrogen) atoms. The number of aryl methyl sites for hydroxylation is 1. The fourth-order valence-corrected chi connectivity index (χ4v) is 1.98. The third-order valence-corrected chi connectivity index (χ3v) is 2.84. The lowest BCUT2D eigenvalue weighted by Crippen LogP contribution is -2.41. The molecule has 1 aliphatic heterocycles. The van der Waals surface area contributed by atoms with Crippen LogP contribution in [-0.4, -0.2) is 22.2 Å². The zero-order valence-corrected chi connectivity index (χ0v) is 9.03. The Balaban J connectivity index is 2.50. The van der Waals surface area contributed by atoms with Gasteiger partial charge in [0, 0.05) is 6.04 Å². The van der Waals surface area contributed by atoms with Gasteiger partial charge < -0.3 is 5.11 Å². The van der Waals surface area contributed by atoms with Crippen LogP contribution in [0, 0.1) is 0 Å². The molecule has 0 radical (unpaired) electrons. The van der Waals surface area contributed by atoms with Crippen LogP contribution >= 0.6 is 11.6 Å². The van der Waals surface area contributed by atoms with Crippen LogP contribution in [0.4, 0.5) is 10.6 Å². The highest BCUT2D eigenvalue weighted by molar-refractivity contribution is 6.29. The first-order valence-electron chi connectivity index (χ1n) is 4.77. The molecule has 4 nitrogen and oxygen atoms in total. The molecule has 1 aliphatic rings. The summed E-state index contributed by atoms with van der Waals surface area (Å²) < 4.78 is 0. The van der Waals surface area contributed by atoms with E-state index >= 15 is 0 Å². The molecule has 1 aromatic rings. The number of halogens is 1. The van der Waals surface area contributed by atoms with Gasteiger partial charge in [-0.2, -0.15) is 0 Å². The third-order valence-electron chi connectivity index (χ3n) is 2.63. The standard InChI is InChI=1S/C10H11ClN2O2/c1-6-2-3-7-4-5-8(11)12-9(7)13(6)10(14)15/h4-6H,2-3H2,1H3,(H,14,15). The van der Waals surface area contributed by atoms with Gasteiger partial charge in [0.25, 0.3) is 0 Å². The van der Waals surface area contributed by atoms with Crippen molar-refractivity contribution in [2.75, 3.05) is 4.90 Å². The van der Waals surface area contributed by atoms with Crippen molar-refractivity contribution < 1.29 is 9.90 Å².